The maximum atomic E-state index is 10.6. The zero-order valence-electron chi connectivity index (χ0n) is 9.30. The SMILES string of the molecule is Cc1cc(NCc2ccn[nH]2)ccc1[N+](=O)[O-]. The van der Waals surface area contributed by atoms with Gasteiger partial charge in [-0.1, -0.05) is 0 Å². The molecule has 1 aromatic carbocycles. The van der Waals surface area contributed by atoms with E-state index in [1.807, 2.05) is 6.07 Å². The number of nitro benzene ring substituents is 1. The molecule has 1 heterocycles. The Labute approximate surface area is 97.8 Å². The molecule has 2 N–H and O–H groups in total. The zero-order valence-corrected chi connectivity index (χ0v) is 9.30. The lowest BCUT2D eigenvalue weighted by atomic mass is 10.2. The zero-order chi connectivity index (χ0) is 12.3. The standard InChI is InChI=1S/C11H12N4O2/c1-8-6-9(2-3-11(8)15(16)17)12-7-10-4-5-13-14-10/h2-6,12H,7H2,1H3,(H,13,14). The molecule has 6 nitrogen and oxygen atoms in total. The largest absolute Gasteiger partial charge is 0.379 e. The van der Waals surface area contributed by atoms with Gasteiger partial charge in [-0.3, -0.25) is 15.2 Å². The highest BCUT2D eigenvalue weighted by Gasteiger charge is 2.09. The minimum Gasteiger partial charge on any atom is -0.379 e. The Morgan fingerprint density at radius 2 is 2.29 bits per heavy atom. The highest BCUT2D eigenvalue weighted by molar-refractivity contribution is 5.53. The maximum absolute atomic E-state index is 10.6. The number of hydrogen-bond acceptors (Lipinski definition) is 4. The molecule has 0 bridgehead atoms. The molecule has 0 aliphatic heterocycles. The van der Waals surface area contributed by atoms with Gasteiger partial charge in [-0.15, -0.1) is 0 Å². The summed E-state index contributed by atoms with van der Waals surface area (Å²) in [6, 6.07) is 6.83. The first-order valence-corrected chi connectivity index (χ1v) is 5.14. The van der Waals surface area contributed by atoms with Crippen LogP contribution in [0.25, 0.3) is 0 Å². The molecule has 0 unspecified atom stereocenters. The van der Waals surface area contributed by atoms with E-state index in [0.29, 0.717) is 12.1 Å². The Balaban J connectivity index is 2.07. The number of aromatic nitrogens is 2. The van der Waals surface area contributed by atoms with Crippen LogP contribution in [0.4, 0.5) is 11.4 Å². The van der Waals surface area contributed by atoms with Crippen molar-refractivity contribution in [1.29, 1.82) is 0 Å². The quantitative estimate of drug-likeness (QED) is 0.625. The normalized spacial score (nSPS) is 10.2. The summed E-state index contributed by atoms with van der Waals surface area (Å²) in [7, 11) is 0. The Morgan fingerprint density at radius 1 is 1.47 bits per heavy atom. The number of nitrogens with one attached hydrogen (secondary N) is 2. The van der Waals surface area contributed by atoms with Crippen LogP contribution in [0, 0.1) is 17.0 Å². The summed E-state index contributed by atoms with van der Waals surface area (Å²) in [4.78, 5) is 10.3. The van der Waals surface area contributed by atoms with Crippen LogP contribution in [0.2, 0.25) is 0 Å². The van der Waals surface area contributed by atoms with Crippen molar-refractivity contribution in [3.05, 3.63) is 51.8 Å². The molecular formula is C11H12N4O2. The molecule has 0 aliphatic rings. The predicted octanol–water partition coefficient (Wildman–Crippen LogP) is 2.24. The molecule has 2 rings (SSSR count). The monoisotopic (exact) mass is 232 g/mol. The van der Waals surface area contributed by atoms with Gasteiger partial charge in [0, 0.05) is 23.5 Å². The van der Waals surface area contributed by atoms with Gasteiger partial charge in [0.05, 0.1) is 17.2 Å². The Hall–Kier alpha value is -2.37. The fraction of sp³-hybridized carbons (Fsp3) is 0.182. The van der Waals surface area contributed by atoms with Crippen molar-refractivity contribution in [2.75, 3.05) is 5.32 Å². The van der Waals surface area contributed by atoms with E-state index in [2.05, 4.69) is 15.5 Å². The van der Waals surface area contributed by atoms with Gasteiger partial charge in [0.15, 0.2) is 0 Å². The first-order valence-electron chi connectivity index (χ1n) is 5.14. The third-order valence-electron chi connectivity index (χ3n) is 2.43. The van der Waals surface area contributed by atoms with Gasteiger partial charge in [0.1, 0.15) is 0 Å². The van der Waals surface area contributed by atoms with Crippen molar-refractivity contribution in [2.24, 2.45) is 0 Å². The fourth-order valence-corrected chi connectivity index (χ4v) is 1.55. The average molecular weight is 232 g/mol. The summed E-state index contributed by atoms with van der Waals surface area (Å²) >= 11 is 0. The molecule has 0 aliphatic carbocycles. The van der Waals surface area contributed by atoms with Crippen LogP contribution in [0.5, 0.6) is 0 Å². The van der Waals surface area contributed by atoms with E-state index in [9.17, 15) is 10.1 Å². The molecular weight excluding hydrogens is 220 g/mol. The summed E-state index contributed by atoms with van der Waals surface area (Å²) in [5, 5.41) is 20.5. The molecule has 0 saturated heterocycles. The van der Waals surface area contributed by atoms with E-state index >= 15 is 0 Å². The third kappa shape index (κ3) is 2.60. The van der Waals surface area contributed by atoms with Crippen LogP contribution in [0.1, 0.15) is 11.3 Å². The minimum atomic E-state index is -0.381. The number of aryl methyl sites for hydroxylation is 1. The van der Waals surface area contributed by atoms with E-state index in [4.69, 9.17) is 0 Å². The van der Waals surface area contributed by atoms with Crippen LogP contribution in [0.3, 0.4) is 0 Å². The molecule has 0 amide bonds. The van der Waals surface area contributed by atoms with Crippen LogP contribution in [0.15, 0.2) is 30.5 Å². The second-order valence-electron chi connectivity index (χ2n) is 3.69. The second-order valence-corrected chi connectivity index (χ2v) is 3.69. The van der Waals surface area contributed by atoms with Crippen LogP contribution < -0.4 is 5.32 Å². The van der Waals surface area contributed by atoms with Gasteiger partial charge in [-0.2, -0.15) is 5.10 Å². The second kappa shape index (κ2) is 4.65. The number of hydrogen-bond donors (Lipinski definition) is 2. The van der Waals surface area contributed by atoms with Crippen molar-refractivity contribution < 1.29 is 4.92 Å². The number of anilines is 1. The Kier molecular flexibility index (Phi) is 3.04. The fourth-order valence-electron chi connectivity index (χ4n) is 1.55. The summed E-state index contributed by atoms with van der Waals surface area (Å²) in [5.41, 5.74) is 2.59. The van der Waals surface area contributed by atoms with Crippen molar-refractivity contribution in [3.63, 3.8) is 0 Å². The van der Waals surface area contributed by atoms with Gasteiger partial charge in [-0.25, -0.2) is 0 Å². The number of rotatable bonds is 4. The summed E-state index contributed by atoms with van der Waals surface area (Å²) in [6.07, 6.45) is 1.68. The van der Waals surface area contributed by atoms with E-state index < -0.39 is 0 Å². The summed E-state index contributed by atoms with van der Waals surface area (Å²) in [6.45, 7) is 2.33. The molecule has 0 fully saturated rings. The molecule has 88 valence electrons. The van der Waals surface area contributed by atoms with Crippen LogP contribution >= 0.6 is 0 Å². The number of nitrogens with zero attached hydrogens (tertiary/aromatic N) is 2. The molecule has 17 heavy (non-hydrogen) atoms. The van der Waals surface area contributed by atoms with Crippen molar-refractivity contribution in [3.8, 4) is 0 Å². The molecule has 0 saturated carbocycles. The molecule has 6 heteroatoms. The summed E-state index contributed by atoms with van der Waals surface area (Å²) in [5.74, 6) is 0. The molecule has 2 aromatic rings. The molecule has 0 spiro atoms. The molecule has 0 atom stereocenters. The first kappa shape index (κ1) is 11.1. The lowest BCUT2D eigenvalue weighted by Gasteiger charge is -2.05. The van der Waals surface area contributed by atoms with E-state index in [1.165, 1.54) is 6.07 Å². The van der Waals surface area contributed by atoms with Crippen LogP contribution in [-0.2, 0) is 6.54 Å². The van der Waals surface area contributed by atoms with E-state index in [-0.39, 0.29) is 10.6 Å². The summed E-state index contributed by atoms with van der Waals surface area (Å²) < 4.78 is 0. The maximum Gasteiger partial charge on any atom is 0.272 e. The topological polar surface area (TPSA) is 83.8 Å². The van der Waals surface area contributed by atoms with Crippen molar-refractivity contribution >= 4 is 11.4 Å². The number of benzene rings is 1. The average Bonchev–Trinajstić information content (AvgIpc) is 2.78. The van der Waals surface area contributed by atoms with Crippen LogP contribution in [-0.4, -0.2) is 15.1 Å². The number of aromatic amines is 1. The van der Waals surface area contributed by atoms with Gasteiger partial charge in [0.25, 0.3) is 5.69 Å². The minimum absolute atomic E-state index is 0.136. The van der Waals surface area contributed by atoms with Gasteiger partial charge < -0.3 is 5.32 Å². The van der Waals surface area contributed by atoms with E-state index in [0.717, 1.165) is 11.4 Å². The van der Waals surface area contributed by atoms with Gasteiger partial charge >= 0.3 is 0 Å². The third-order valence-corrected chi connectivity index (χ3v) is 2.43. The van der Waals surface area contributed by atoms with Crippen molar-refractivity contribution in [2.45, 2.75) is 13.5 Å². The lowest BCUT2D eigenvalue weighted by Crippen LogP contribution is -2.00. The highest BCUT2D eigenvalue weighted by atomic mass is 16.6. The molecule has 1 aromatic heterocycles. The highest BCUT2D eigenvalue weighted by Crippen LogP contribution is 2.21. The molecule has 0 radical (unpaired) electrons. The Bertz CT molecular complexity index is 522. The number of H-pyrrole nitrogens is 1. The Morgan fingerprint density at radius 3 is 2.88 bits per heavy atom. The predicted molar refractivity (Wildman–Crippen MR) is 63.7 cm³/mol. The first-order chi connectivity index (χ1) is 8.16. The lowest BCUT2D eigenvalue weighted by molar-refractivity contribution is -0.385. The van der Waals surface area contributed by atoms with Gasteiger partial charge in [0.2, 0.25) is 0 Å². The van der Waals surface area contributed by atoms with E-state index in [1.54, 1.807) is 25.3 Å². The van der Waals surface area contributed by atoms with Crippen molar-refractivity contribution in [1.82, 2.24) is 10.2 Å². The smallest absolute Gasteiger partial charge is 0.272 e. The van der Waals surface area contributed by atoms with Gasteiger partial charge in [-0.05, 0) is 25.1 Å². The number of nitro groups is 1.